The maximum atomic E-state index is 10.5. The third-order valence-electron chi connectivity index (χ3n) is 1.19. The lowest BCUT2D eigenvalue weighted by Gasteiger charge is -2.03. The highest BCUT2D eigenvalue weighted by Gasteiger charge is 2.10. The predicted molar refractivity (Wildman–Crippen MR) is 43.1 cm³/mol. The highest BCUT2D eigenvalue weighted by atomic mass is 32.1. The molecule has 2 nitrogen and oxygen atoms in total. The zero-order valence-electron chi connectivity index (χ0n) is 6.09. The van der Waals surface area contributed by atoms with Gasteiger partial charge in [0.1, 0.15) is 12.1 Å². The molecule has 0 aliphatic carbocycles. The van der Waals surface area contributed by atoms with Crippen LogP contribution in [0.4, 0.5) is 0 Å². The molecule has 0 N–H and O–H groups in total. The molecule has 3 heteroatoms. The zero-order valence-corrected chi connectivity index (χ0v) is 6.90. The van der Waals surface area contributed by atoms with Gasteiger partial charge in [-0.1, -0.05) is 12.2 Å². The molecule has 1 atom stereocenters. The Hall–Kier alpha value is -0.570. The largest absolute Gasteiger partial charge is 0.303 e. The van der Waals surface area contributed by atoms with E-state index in [1.54, 1.807) is 6.92 Å². The maximum absolute atomic E-state index is 10.5. The van der Waals surface area contributed by atoms with Crippen LogP contribution in [0.25, 0.3) is 0 Å². The van der Waals surface area contributed by atoms with Crippen LogP contribution < -0.4 is 0 Å². The van der Waals surface area contributed by atoms with Crippen LogP contribution >= 0.6 is 12.2 Å². The van der Waals surface area contributed by atoms with E-state index in [0.29, 0.717) is 4.86 Å². The highest BCUT2D eigenvalue weighted by Crippen LogP contribution is 2.02. The van der Waals surface area contributed by atoms with Gasteiger partial charge in [0.15, 0.2) is 0 Å². The molecule has 0 amide bonds. The van der Waals surface area contributed by atoms with E-state index >= 15 is 0 Å². The first-order chi connectivity index (χ1) is 4.57. The summed E-state index contributed by atoms with van der Waals surface area (Å²) in [5.41, 5.74) is 0. The molecule has 0 saturated carbocycles. The quantitative estimate of drug-likeness (QED) is 0.455. The topological polar surface area (TPSA) is 34.1 Å². The first-order valence-corrected chi connectivity index (χ1v) is 3.44. The smallest absolute Gasteiger partial charge is 0.130 e. The molecule has 0 aromatic rings. The van der Waals surface area contributed by atoms with Gasteiger partial charge >= 0.3 is 0 Å². The highest BCUT2D eigenvalue weighted by molar-refractivity contribution is 7.80. The molecular formula is C7H10O2S. The zero-order chi connectivity index (χ0) is 8.15. The molecule has 0 bridgehead atoms. The van der Waals surface area contributed by atoms with Crippen LogP contribution in [0.1, 0.15) is 20.3 Å². The van der Waals surface area contributed by atoms with Gasteiger partial charge in [0.2, 0.25) is 0 Å². The first-order valence-electron chi connectivity index (χ1n) is 3.03. The van der Waals surface area contributed by atoms with Crippen molar-refractivity contribution in [3.8, 4) is 0 Å². The lowest BCUT2D eigenvalue weighted by molar-refractivity contribution is -0.120. The fourth-order valence-corrected chi connectivity index (χ4v) is 0.736. The molecule has 0 spiro atoms. The third kappa shape index (κ3) is 3.45. The minimum absolute atomic E-state index is 0.00120. The van der Waals surface area contributed by atoms with Crippen molar-refractivity contribution < 1.29 is 9.59 Å². The van der Waals surface area contributed by atoms with Crippen molar-refractivity contribution in [3.63, 3.8) is 0 Å². The SMILES string of the molecule is CC(=O)CC(C=O)C(C)=S. The molecule has 1 unspecified atom stereocenters. The lowest BCUT2D eigenvalue weighted by atomic mass is 10.0. The van der Waals surface area contributed by atoms with Gasteiger partial charge in [0.05, 0.1) is 5.92 Å². The van der Waals surface area contributed by atoms with Gasteiger partial charge in [0, 0.05) is 11.3 Å². The van der Waals surface area contributed by atoms with Crippen molar-refractivity contribution in [1.82, 2.24) is 0 Å². The van der Waals surface area contributed by atoms with Crippen molar-refractivity contribution >= 4 is 29.2 Å². The van der Waals surface area contributed by atoms with Gasteiger partial charge in [0.25, 0.3) is 0 Å². The molecule has 0 aliphatic heterocycles. The van der Waals surface area contributed by atoms with Gasteiger partial charge < -0.3 is 4.79 Å². The van der Waals surface area contributed by atoms with Crippen molar-refractivity contribution in [1.29, 1.82) is 0 Å². The van der Waals surface area contributed by atoms with Gasteiger partial charge in [-0.2, -0.15) is 0 Å². The Morgan fingerprint density at radius 1 is 1.60 bits per heavy atom. The van der Waals surface area contributed by atoms with E-state index in [2.05, 4.69) is 0 Å². The Labute approximate surface area is 65.6 Å². The fraction of sp³-hybridized carbons (Fsp3) is 0.571. The summed E-state index contributed by atoms with van der Waals surface area (Å²) < 4.78 is 0. The molecular weight excluding hydrogens is 148 g/mol. The van der Waals surface area contributed by atoms with Gasteiger partial charge in [-0.3, -0.25) is 4.79 Å². The number of ketones is 1. The maximum Gasteiger partial charge on any atom is 0.130 e. The second-order valence-electron chi connectivity index (χ2n) is 2.26. The van der Waals surface area contributed by atoms with E-state index in [9.17, 15) is 9.59 Å². The van der Waals surface area contributed by atoms with E-state index in [1.165, 1.54) is 6.92 Å². The molecule has 0 rings (SSSR count). The Kier molecular flexibility index (Phi) is 4.03. The summed E-state index contributed by atoms with van der Waals surface area (Å²) in [4.78, 5) is 21.3. The minimum Gasteiger partial charge on any atom is -0.303 e. The van der Waals surface area contributed by atoms with Crippen LogP contribution in [0.15, 0.2) is 0 Å². The minimum atomic E-state index is -0.354. The molecule has 0 saturated heterocycles. The van der Waals surface area contributed by atoms with Crippen molar-refractivity contribution in [2.75, 3.05) is 0 Å². The summed E-state index contributed by atoms with van der Waals surface area (Å²) in [7, 11) is 0. The van der Waals surface area contributed by atoms with Crippen LogP contribution in [0.3, 0.4) is 0 Å². The Morgan fingerprint density at radius 2 is 2.10 bits per heavy atom. The molecule has 56 valence electrons. The van der Waals surface area contributed by atoms with Gasteiger partial charge in [-0.25, -0.2) is 0 Å². The average molecular weight is 158 g/mol. The predicted octanol–water partition coefficient (Wildman–Crippen LogP) is 1.17. The van der Waals surface area contributed by atoms with Gasteiger partial charge in [-0.15, -0.1) is 0 Å². The number of hydrogen-bond acceptors (Lipinski definition) is 3. The Morgan fingerprint density at radius 3 is 2.20 bits per heavy atom. The molecule has 0 fully saturated rings. The Balaban J connectivity index is 3.96. The number of Topliss-reactive ketones (excluding diaryl/α,β-unsaturated/α-hetero) is 1. The summed E-state index contributed by atoms with van der Waals surface area (Å²) in [5, 5.41) is 0. The van der Waals surface area contributed by atoms with Crippen LogP contribution in [-0.4, -0.2) is 16.9 Å². The standard InChI is InChI=1S/C7H10O2S/c1-5(9)3-7(4-8)6(2)10/h4,7H,3H2,1-2H3. The first kappa shape index (κ1) is 9.43. The number of hydrogen-bond donors (Lipinski definition) is 0. The summed E-state index contributed by atoms with van der Waals surface area (Å²) in [5.74, 6) is -0.353. The van der Waals surface area contributed by atoms with E-state index in [1.807, 2.05) is 0 Å². The fourth-order valence-electron chi connectivity index (χ4n) is 0.597. The number of carbonyl (C=O) groups is 2. The number of aldehydes is 1. The van der Waals surface area contributed by atoms with E-state index in [0.717, 1.165) is 6.29 Å². The van der Waals surface area contributed by atoms with Crippen molar-refractivity contribution in [3.05, 3.63) is 0 Å². The average Bonchev–Trinajstić information content (AvgIpc) is 1.81. The van der Waals surface area contributed by atoms with Crippen LogP contribution in [-0.2, 0) is 9.59 Å². The lowest BCUT2D eigenvalue weighted by Crippen LogP contribution is -2.13. The molecule has 0 aromatic carbocycles. The molecule has 0 radical (unpaired) electrons. The summed E-state index contributed by atoms with van der Waals surface area (Å²) in [6.45, 7) is 3.13. The van der Waals surface area contributed by atoms with Crippen molar-refractivity contribution in [2.45, 2.75) is 20.3 Å². The van der Waals surface area contributed by atoms with E-state index in [-0.39, 0.29) is 18.1 Å². The summed E-state index contributed by atoms with van der Waals surface area (Å²) >= 11 is 4.75. The second-order valence-corrected chi connectivity index (χ2v) is 2.90. The number of carbonyl (C=O) groups excluding carboxylic acids is 2. The Bertz CT molecular complexity index is 163. The molecule has 10 heavy (non-hydrogen) atoms. The number of thiocarbonyl (C=S) groups is 1. The molecule has 0 heterocycles. The van der Waals surface area contributed by atoms with E-state index in [4.69, 9.17) is 12.2 Å². The van der Waals surface area contributed by atoms with Crippen LogP contribution in [0.2, 0.25) is 0 Å². The van der Waals surface area contributed by atoms with Crippen LogP contribution in [0, 0.1) is 5.92 Å². The normalized spacial score (nSPS) is 12.2. The molecule has 0 aromatic heterocycles. The number of rotatable bonds is 4. The van der Waals surface area contributed by atoms with Crippen molar-refractivity contribution in [2.24, 2.45) is 5.92 Å². The molecule has 0 aliphatic rings. The third-order valence-corrected chi connectivity index (χ3v) is 1.50. The second kappa shape index (κ2) is 4.28. The van der Waals surface area contributed by atoms with E-state index < -0.39 is 0 Å². The van der Waals surface area contributed by atoms with Crippen LogP contribution in [0.5, 0.6) is 0 Å². The summed E-state index contributed by atoms with van der Waals surface area (Å²) in [6.07, 6.45) is 0.975. The monoisotopic (exact) mass is 158 g/mol. The van der Waals surface area contributed by atoms with Gasteiger partial charge in [-0.05, 0) is 13.8 Å². The summed E-state index contributed by atoms with van der Waals surface area (Å²) in [6, 6.07) is 0.